The van der Waals surface area contributed by atoms with Gasteiger partial charge in [-0.15, -0.1) is 0 Å². The van der Waals surface area contributed by atoms with Gasteiger partial charge in [0.1, 0.15) is 5.75 Å². The summed E-state index contributed by atoms with van der Waals surface area (Å²) in [5, 5.41) is 0.596. The number of nitrogens with zero attached hydrogens (tertiary/aromatic N) is 2. The van der Waals surface area contributed by atoms with Crippen molar-refractivity contribution in [3.63, 3.8) is 0 Å². The van der Waals surface area contributed by atoms with E-state index in [1.54, 1.807) is 48.2 Å². The molecule has 1 amide bonds. The second kappa shape index (κ2) is 8.94. The summed E-state index contributed by atoms with van der Waals surface area (Å²) in [6.07, 6.45) is -0.659. The van der Waals surface area contributed by atoms with Crippen LogP contribution in [0.25, 0.3) is 0 Å². The summed E-state index contributed by atoms with van der Waals surface area (Å²) in [5.41, 5.74) is 0.756. The van der Waals surface area contributed by atoms with Crippen LogP contribution < -0.4 is 4.74 Å². The average Bonchev–Trinajstić information content (AvgIpc) is 2.69. The maximum absolute atomic E-state index is 12.6. The van der Waals surface area contributed by atoms with Gasteiger partial charge in [-0.1, -0.05) is 41.9 Å². The second-order valence-electron chi connectivity index (χ2n) is 6.68. The molecule has 1 heterocycles. The Morgan fingerprint density at radius 2 is 1.64 bits per heavy atom. The number of hydrogen-bond donors (Lipinski definition) is 0. The van der Waals surface area contributed by atoms with Gasteiger partial charge >= 0.3 is 0 Å². The van der Waals surface area contributed by atoms with E-state index in [0.717, 1.165) is 5.56 Å². The zero-order chi connectivity index (χ0) is 20.1. The van der Waals surface area contributed by atoms with Crippen molar-refractivity contribution in [2.75, 3.05) is 26.2 Å². The van der Waals surface area contributed by atoms with Crippen molar-refractivity contribution in [2.24, 2.45) is 0 Å². The Balaban J connectivity index is 1.54. The molecule has 0 radical (unpaired) electrons. The molecule has 0 saturated carbocycles. The van der Waals surface area contributed by atoms with Gasteiger partial charge in [-0.2, -0.15) is 4.31 Å². The van der Waals surface area contributed by atoms with Gasteiger partial charge < -0.3 is 9.64 Å². The molecule has 8 heteroatoms. The van der Waals surface area contributed by atoms with Crippen LogP contribution in [-0.2, 0) is 20.6 Å². The van der Waals surface area contributed by atoms with E-state index in [0.29, 0.717) is 23.9 Å². The molecule has 1 atom stereocenters. The highest BCUT2D eigenvalue weighted by atomic mass is 35.5. The van der Waals surface area contributed by atoms with Crippen LogP contribution in [-0.4, -0.2) is 55.8 Å². The van der Waals surface area contributed by atoms with Gasteiger partial charge in [0.05, 0.1) is 5.75 Å². The molecule has 0 aliphatic carbocycles. The van der Waals surface area contributed by atoms with Crippen LogP contribution in [0.15, 0.2) is 54.6 Å². The van der Waals surface area contributed by atoms with Gasteiger partial charge in [0.2, 0.25) is 10.0 Å². The van der Waals surface area contributed by atoms with Gasteiger partial charge in [0.15, 0.2) is 6.10 Å². The van der Waals surface area contributed by atoms with Gasteiger partial charge in [-0.25, -0.2) is 8.42 Å². The number of piperazine rings is 1. The minimum Gasteiger partial charge on any atom is -0.481 e. The van der Waals surface area contributed by atoms with Crippen molar-refractivity contribution in [2.45, 2.75) is 18.8 Å². The van der Waals surface area contributed by atoms with Crippen molar-refractivity contribution in [1.82, 2.24) is 9.21 Å². The molecule has 0 aromatic heterocycles. The molecule has 2 aromatic carbocycles. The molecule has 1 aliphatic heterocycles. The zero-order valence-electron chi connectivity index (χ0n) is 15.6. The predicted octanol–water partition coefficient (Wildman–Crippen LogP) is 2.78. The van der Waals surface area contributed by atoms with Gasteiger partial charge in [-0.3, -0.25) is 4.79 Å². The van der Waals surface area contributed by atoms with Gasteiger partial charge in [0.25, 0.3) is 5.91 Å². The fourth-order valence-electron chi connectivity index (χ4n) is 3.09. The third kappa shape index (κ3) is 5.25. The van der Waals surface area contributed by atoms with E-state index in [2.05, 4.69) is 0 Å². The Labute approximate surface area is 170 Å². The average molecular weight is 423 g/mol. The number of rotatable bonds is 6. The molecule has 28 heavy (non-hydrogen) atoms. The normalized spacial score (nSPS) is 16.6. The highest BCUT2D eigenvalue weighted by Gasteiger charge is 2.31. The van der Waals surface area contributed by atoms with Crippen LogP contribution >= 0.6 is 11.6 Å². The van der Waals surface area contributed by atoms with E-state index in [9.17, 15) is 13.2 Å². The van der Waals surface area contributed by atoms with Crippen molar-refractivity contribution >= 4 is 27.5 Å². The fraction of sp³-hybridized carbons (Fsp3) is 0.350. The summed E-state index contributed by atoms with van der Waals surface area (Å²) >= 11 is 5.85. The number of halogens is 1. The summed E-state index contributed by atoms with van der Waals surface area (Å²) < 4.78 is 32.4. The first kappa shape index (κ1) is 20.6. The topological polar surface area (TPSA) is 66.9 Å². The number of carbonyl (C=O) groups excluding carboxylic acids is 1. The standard InChI is InChI=1S/C20H23ClN2O4S/c1-16(27-19-9-7-18(21)8-10-19)20(24)22-11-13-23(14-12-22)28(25,26)15-17-5-3-2-4-6-17/h2-10,16H,11-15H2,1H3/t16-/m1/s1. The highest BCUT2D eigenvalue weighted by Crippen LogP contribution is 2.18. The quantitative estimate of drug-likeness (QED) is 0.717. The van der Waals surface area contributed by atoms with E-state index in [1.807, 2.05) is 18.2 Å². The Kier molecular flexibility index (Phi) is 6.59. The monoisotopic (exact) mass is 422 g/mol. The molecule has 0 bridgehead atoms. The molecular formula is C20H23ClN2O4S. The predicted molar refractivity (Wildman–Crippen MR) is 109 cm³/mol. The molecule has 2 aromatic rings. The van der Waals surface area contributed by atoms with Crippen molar-refractivity contribution in [3.05, 3.63) is 65.2 Å². The van der Waals surface area contributed by atoms with Crippen molar-refractivity contribution in [1.29, 1.82) is 0 Å². The summed E-state index contributed by atoms with van der Waals surface area (Å²) in [5.74, 6) is 0.377. The summed E-state index contributed by atoms with van der Waals surface area (Å²) in [4.78, 5) is 14.3. The SMILES string of the molecule is C[C@@H](Oc1ccc(Cl)cc1)C(=O)N1CCN(S(=O)(=O)Cc2ccccc2)CC1. The number of sulfonamides is 1. The third-order valence-electron chi connectivity index (χ3n) is 4.61. The number of carbonyl (C=O) groups is 1. The summed E-state index contributed by atoms with van der Waals surface area (Å²) in [7, 11) is -3.41. The molecular weight excluding hydrogens is 400 g/mol. The van der Waals surface area contributed by atoms with Crippen molar-refractivity contribution in [3.8, 4) is 5.75 Å². The zero-order valence-corrected chi connectivity index (χ0v) is 17.2. The first-order valence-electron chi connectivity index (χ1n) is 9.08. The number of hydrogen-bond acceptors (Lipinski definition) is 4. The van der Waals surface area contributed by atoms with Gasteiger partial charge in [-0.05, 0) is 36.8 Å². The van der Waals surface area contributed by atoms with Crippen LogP contribution in [0.5, 0.6) is 5.75 Å². The number of benzene rings is 2. The maximum Gasteiger partial charge on any atom is 0.263 e. The largest absolute Gasteiger partial charge is 0.481 e. The molecule has 150 valence electrons. The van der Waals surface area contributed by atoms with Crippen molar-refractivity contribution < 1.29 is 17.9 Å². The van der Waals surface area contributed by atoms with Crippen LogP contribution in [0.4, 0.5) is 0 Å². The van der Waals surface area contributed by atoms with E-state index < -0.39 is 16.1 Å². The maximum atomic E-state index is 12.6. The van der Waals surface area contributed by atoms with Crippen LogP contribution in [0.1, 0.15) is 12.5 Å². The molecule has 0 spiro atoms. The minimum absolute atomic E-state index is 0.0299. The van der Waals surface area contributed by atoms with E-state index in [4.69, 9.17) is 16.3 Å². The van der Waals surface area contributed by atoms with Crippen LogP contribution in [0, 0.1) is 0 Å². The molecule has 1 fully saturated rings. The second-order valence-corrected chi connectivity index (χ2v) is 9.09. The molecule has 0 N–H and O–H groups in total. The van der Waals surface area contributed by atoms with Gasteiger partial charge in [0, 0.05) is 31.2 Å². The van der Waals surface area contributed by atoms with E-state index in [-0.39, 0.29) is 24.7 Å². The Bertz CT molecular complexity index is 896. The molecule has 0 unspecified atom stereocenters. The third-order valence-corrected chi connectivity index (χ3v) is 6.71. The van der Waals surface area contributed by atoms with Crippen LogP contribution in [0.3, 0.4) is 0 Å². The Hall–Kier alpha value is -2.09. The highest BCUT2D eigenvalue weighted by molar-refractivity contribution is 7.88. The summed E-state index contributed by atoms with van der Waals surface area (Å²) in [6, 6.07) is 15.9. The van der Waals surface area contributed by atoms with E-state index >= 15 is 0 Å². The number of amides is 1. The first-order chi connectivity index (χ1) is 13.3. The fourth-order valence-corrected chi connectivity index (χ4v) is 4.73. The Morgan fingerprint density at radius 3 is 2.25 bits per heavy atom. The lowest BCUT2D eigenvalue weighted by molar-refractivity contribution is -0.139. The lowest BCUT2D eigenvalue weighted by Gasteiger charge is -2.35. The lowest BCUT2D eigenvalue weighted by atomic mass is 10.2. The molecule has 1 aliphatic rings. The molecule has 1 saturated heterocycles. The molecule has 6 nitrogen and oxygen atoms in total. The smallest absolute Gasteiger partial charge is 0.263 e. The summed E-state index contributed by atoms with van der Waals surface area (Å²) in [6.45, 7) is 2.96. The number of ether oxygens (including phenoxy) is 1. The lowest BCUT2D eigenvalue weighted by Crippen LogP contribution is -2.53. The molecule has 3 rings (SSSR count). The Morgan fingerprint density at radius 1 is 1.04 bits per heavy atom. The van der Waals surface area contributed by atoms with Crippen LogP contribution in [0.2, 0.25) is 5.02 Å². The van der Waals surface area contributed by atoms with E-state index in [1.165, 1.54) is 4.31 Å². The first-order valence-corrected chi connectivity index (χ1v) is 11.1. The minimum atomic E-state index is -3.41.